The van der Waals surface area contributed by atoms with Gasteiger partial charge in [0.05, 0.1) is 16.6 Å². The molecule has 0 radical (unpaired) electrons. The van der Waals surface area contributed by atoms with Gasteiger partial charge in [0.15, 0.2) is 0 Å². The van der Waals surface area contributed by atoms with Crippen LogP contribution in [-0.4, -0.2) is 11.8 Å². The van der Waals surface area contributed by atoms with Crippen molar-refractivity contribution >= 4 is 35.3 Å². The van der Waals surface area contributed by atoms with Gasteiger partial charge in [-0.25, -0.2) is 0 Å². The number of thioether (sulfide) groups is 1. The summed E-state index contributed by atoms with van der Waals surface area (Å²) in [5, 5.41) is 6.12. The highest BCUT2D eigenvalue weighted by Crippen LogP contribution is 2.39. The smallest absolute Gasteiger partial charge is 0.262 e. The number of hydrogen-bond acceptors (Lipinski definition) is 3. The molecule has 0 saturated carbocycles. The van der Waals surface area contributed by atoms with Gasteiger partial charge in [-0.1, -0.05) is 66.4 Å². The quantitative estimate of drug-likeness (QED) is 0.538. The van der Waals surface area contributed by atoms with Crippen LogP contribution in [0.3, 0.4) is 0 Å². The molecule has 2 amide bonds. The lowest BCUT2D eigenvalue weighted by Gasteiger charge is -2.26. The maximum absolute atomic E-state index is 13.0. The fourth-order valence-electron chi connectivity index (χ4n) is 4.15. The Balaban J connectivity index is 1.35. The van der Waals surface area contributed by atoms with Crippen LogP contribution < -0.4 is 10.6 Å². The van der Waals surface area contributed by atoms with Crippen molar-refractivity contribution in [1.82, 2.24) is 5.32 Å². The second-order valence-corrected chi connectivity index (χ2v) is 8.89. The monoisotopic (exact) mass is 426 g/mol. The second kappa shape index (κ2) is 8.44. The van der Waals surface area contributed by atoms with E-state index in [1.807, 2.05) is 60.7 Å². The highest BCUT2D eigenvalue weighted by atomic mass is 32.2. The second-order valence-electron chi connectivity index (χ2n) is 7.80. The van der Waals surface area contributed by atoms with Gasteiger partial charge in [0.25, 0.3) is 11.8 Å². The van der Waals surface area contributed by atoms with Crippen molar-refractivity contribution in [3.8, 4) is 0 Å². The van der Waals surface area contributed by atoms with E-state index in [0.717, 1.165) is 29.7 Å². The minimum Gasteiger partial charge on any atom is -0.345 e. The number of anilines is 1. The molecule has 1 aliphatic carbocycles. The summed E-state index contributed by atoms with van der Waals surface area (Å²) < 4.78 is 0. The number of carbonyl (C=O) groups excluding carboxylic acids is 2. The van der Waals surface area contributed by atoms with Crippen LogP contribution in [0.1, 0.15) is 45.9 Å². The van der Waals surface area contributed by atoms with Crippen LogP contribution in [0, 0.1) is 0 Å². The van der Waals surface area contributed by atoms with E-state index in [2.05, 4.69) is 22.8 Å². The third-order valence-corrected chi connectivity index (χ3v) is 6.80. The van der Waals surface area contributed by atoms with Crippen molar-refractivity contribution in [3.05, 3.63) is 100.0 Å². The van der Waals surface area contributed by atoms with Crippen molar-refractivity contribution in [2.24, 2.45) is 0 Å². The molecule has 4 nitrogen and oxygen atoms in total. The molecular formula is C26H22N2O2S. The average molecular weight is 427 g/mol. The van der Waals surface area contributed by atoms with E-state index in [4.69, 9.17) is 0 Å². The van der Waals surface area contributed by atoms with Crippen LogP contribution >= 0.6 is 11.8 Å². The highest BCUT2D eigenvalue weighted by molar-refractivity contribution is 8.04. The summed E-state index contributed by atoms with van der Waals surface area (Å²) in [7, 11) is 0. The number of rotatable bonds is 3. The van der Waals surface area contributed by atoms with E-state index in [1.54, 1.807) is 6.07 Å². The van der Waals surface area contributed by atoms with Gasteiger partial charge in [0.2, 0.25) is 0 Å². The summed E-state index contributed by atoms with van der Waals surface area (Å²) in [4.78, 5) is 27.1. The molecule has 5 rings (SSSR count). The first-order chi connectivity index (χ1) is 15.2. The number of benzene rings is 3. The molecule has 0 spiro atoms. The zero-order valence-electron chi connectivity index (χ0n) is 16.9. The van der Waals surface area contributed by atoms with Crippen molar-refractivity contribution in [3.63, 3.8) is 0 Å². The number of carbonyl (C=O) groups is 2. The first kappa shape index (κ1) is 19.6. The van der Waals surface area contributed by atoms with Crippen LogP contribution in [0.5, 0.6) is 0 Å². The molecule has 0 bridgehead atoms. The predicted molar refractivity (Wildman–Crippen MR) is 125 cm³/mol. The van der Waals surface area contributed by atoms with Crippen molar-refractivity contribution in [2.45, 2.75) is 30.2 Å². The normalized spacial score (nSPS) is 18.6. The number of nitrogens with one attached hydrogen (secondary N) is 2. The van der Waals surface area contributed by atoms with Gasteiger partial charge in [0, 0.05) is 10.5 Å². The van der Waals surface area contributed by atoms with Crippen LogP contribution in [-0.2, 0) is 11.2 Å². The first-order valence-electron chi connectivity index (χ1n) is 10.5. The molecule has 0 unspecified atom stereocenters. The Kier molecular flexibility index (Phi) is 5.35. The zero-order chi connectivity index (χ0) is 21.2. The molecule has 3 aromatic rings. The molecule has 0 saturated heterocycles. The molecule has 1 atom stereocenters. The summed E-state index contributed by atoms with van der Waals surface area (Å²) in [5.74, 6) is -0.269. The Morgan fingerprint density at radius 3 is 2.71 bits per heavy atom. The fourth-order valence-corrected chi connectivity index (χ4v) is 5.08. The Hall–Kier alpha value is -3.31. The van der Waals surface area contributed by atoms with Gasteiger partial charge in [-0.15, -0.1) is 0 Å². The van der Waals surface area contributed by atoms with E-state index >= 15 is 0 Å². The molecule has 1 heterocycles. The number of hydrogen-bond donors (Lipinski definition) is 2. The molecule has 31 heavy (non-hydrogen) atoms. The summed E-state index contributed by atoms with van der Waals surface area (Å²) in [6.07, 6.45) is 4.94. The largest absolute Gasteiger partial charge is 0.345 e. The molecule has 3 aromatic carbocycles. The van der Waals surface area contributed by atoms with E-state index in [1.165, 1.54) is 22.9 Å². The highest BCUT2D eigenvalue weighted by Gasteiger charge is 2.24. The molecule has 1 aliphatic heterocycles. The Labute approximate surface area is 185 Å². The number of amides is 2. The molecule has 2 N–H and O–H groups in total. The van der Waals surface area contributed by atoms with Gasteiger partial charge < -0.3 is 10.6 Å². The first-order valence-corrected chi connectivity index (χ1v) is 11.3. The molecule has 2 aliphatic rings. The lowest BCUT2D eigenvalue weighted by molar-refractivity contribution is -0.112. The van der Waals surface area contributed by atoms with Gasteiger partial charge in [0.1, 0.15) is 0 Å². The van der Waals surface area contributed by atoms with E-state index in [0.29, 0.717) is 16.2 Å². The van der Waals surface area contributed by atoms with E-state index in [9.17, 15) is 9.59 Å². The minimum absolute atomic E-state index is 0.0258. The SMILES string of the molecule is O=C1Nc2cc(C(=O)N[C@@H]3CCCc4ccccc43)ccc2S/C1=C\c1ccccc1. The maximum Gasteiger partial charge on any atom is 0.262 e. The van der Waals surface area contributed by atoms with Gasteiger partial charge in [-0.3, -0.25) is 9.59 Å². The van der Waals surface area contributed by atoms with E-state index < -0.39 is 0 Å². The third-order valence-electron chi connectivity index (χ3n) is 5.71. The lowest BCUT2D eigenvalue weighted by atomic mass is 9.87. The molecular weight excluding hydrogens is 404 g/mol. The predicted octanol–water partition coefficient (Wildman–Crippen LogP) is 5.58. The Morgan fingerprint density at radius 2 is 1.84 bits per heavy atom. The standard InChI is InChI=1S/C26H22N2O2S/c29-25(27-21-12-6-10-18-9-4-5-11-20(18)21)19-13-14-23-22(16-19)28-26(30)24(31-23)15-17-7-2-1-3-8-17/h1-5,7-9,11,13-16,21H,6,10,12H2,(H,27,29)(H,28,30)/b24-15-/t21-/m1/s1. The van der Waals surface area contributed by atoms with Crippen LogP contribution in [0.2, 0.25) is 0 Å². The van der Waals surface area contributed by atoms with Crippen LogP contribution in [0.4, 0.5) is 5.69 Å². The van der Waals surface area contributed by atoms with Gasteiger partial charge in [-0.05, 0) is 60.2 Å². The summed E-state index contributed by atoms with van der Waals surface area (Å²) in [6, 6.07) is 23.6. The topological polar surface area (TPSA) is 58.2 Å². The third kappa shape index (κ3) is 4.14. The lowest BCUT2D eigenvalue weighted by Crippen LogP contribution is -2.31. The van der Waals surface area contributed by atoms with Gasteiger partial charge in [-0.2, -0.15) is 0 Å². The molecule has 0 aromatic heterocycles. The van der Waals surface area contributed by atoms with Crippen molar-refractivity contribution in [2.75, 3.05) is 5.32 Å². The summed E-state index contributed by atoms with van der Waals surface area (Å²) >= 11 is 1.42. The molecule has 0 fully saturated rings. The maximum atomic E-state index is 13.0. The summed E-state index contributed by atoms with van der Waals surface area (Å²) in [5.41, 5.74) is 4.73. The molecule has 154 valence electrons. The van der Waals surface area contributed by atoms with Crippen LogP contribution in [0.25, 0.3) is 6.08 Å². The Bertz CT molecular complexity index is 1190. The van der Waals surface area contributed by atoms with Crippen molar-refractivity contribution < 1.29 is 9.59 Å². The van der Waals surface area contributed by atoms with Crippen molar-refractivity contribution in [1.29, 1.82) is 0 Å². The number of aryl methyl sites for hydroxylation is 1. The fraction of sp³-hybridized carbons (Fsp3) is 0.154. The van der Waals surface area contributed by atoms with Gasteiger partial charge >= 0.3 is 0 Å². The van der Waals surface area contributed by atoms with Crippen LogP contribution in [0.15, 0.2) is 82.6 Å². The van der Waals surface area contributed by atoms with E-state index in [-0.39, 0.29) is 17.9 Å². The minimum atomic E-state index is -0.153. The average Bonchev–Trinajstić information content (AvgIpc) is 2.80. The Morgan fingerprint density at radius 1 is 1.03 bits per heavy atom. The molecule has 5 heteroatoms. The summed E-state index contributed by atoms with van der Waals surface area (Å²) in [6.45, 7) is 0. The zero-order valence-corrected chi connectivity index (χ0v) is 17.7. The number of fused-ring (bicyclic) bond motifs is 2.